The lowest BCUT2D eigenvalue weighted by Gasteiger charge is -2.39. The summed E-state index contributed by atoms with van der Waals surface area (Å²) in [4.78, 5) is 24.8. The Kier molecular flexibility index (Phi) is 6.66. The molecule has 2 saturated carbocycles. The van der Waals surface area contributed by atoms with Crippen molar-refractivity contribution in [2.45, 2.75) is 56.1 Å². The predicted octanol–water partition coefficient (Wildman–Crippen LogP) is 3.03. The van der Waals surface area contributed by atoms with Crippen molar-refractivity contribution in [2.24, 2.45) is 18.9 Å². The first-order valence-corrected chi connectivity index (χ1v) is 11.6. The van der Waals surface area contributed by atoms with Crippen LogP contribution in [0.25, 0.3) is 0 Å². The number of tetrazole rings is 1. The number of benzene rings is 1. The van der Waals surface area contributed by atoms with Gasteiger partial charge in [-0.25, -0.2) is 4.68 Å². The third-order valence-corrected chi connectivity index (χ3v) is 7.23. The highest BCUT2D eigenvalue weighted by molar-refractivity contribution is 7.99. The summed E-state index contributed by atoms with van der Waals surface area (Å²) >= 11 is 1.27. The van der Waals surface area contributed by atoms with E-state index in [4.69, 9.17) is 0 Å². The fourth-order valence-corrected chi connectivity index (χ4v) is 5.30. The fraction of sp³-hybridized carbons (Fsp3) is 0.571. The number of hydrogen-bond acceptors (Lipinski definition) is 6. The van der Waals surface area contributed by atoms with Crippen LogP contribution in [0.2, 0.25) is 0 Å². The number of nitrogens with zero attached hydrogens (tertiary/aromatic N) is 4. The maximum Gasteiger partial charge on any atom is 0.251 e. The van der Waals surface area contributed by atoms with Crippen LogP contribution in [0.1, 0.15) is 55.3 Å². The summed E-state index contributed by atoms with van der Waals surface area (Å²) in [7, 11) is 1.73. The number of nitrogens with one attached hydrogen (secondary N) is 2. The average Bonchev–Trinajstić information content (AvgIpc) is 3.17. The van der Waals surface area contributed by atoms with Gasteiger partial charge in [0.15, 0.2) is 0 Å². The molecule has 160 valence electrons. The molecular weight excluding hydrogens is 400 g/mol. The molecule has 0 spiro atoms. The standard InChI is InChI=1S/C21H28N6O2S/c1-27-21(24-25-26-27)30-13-19(28)22-17-9-7-15(8-10-17)20(29)23-18-11-6-14-4-2-3-5-16(14)12-18/h7-10,14,16,18H,2-6,11-13H2,1H3,(H,22,28)(H,23,29). The van der Waals surface area contributed by atoms with E-state index in [2.05, 4.69) is 26.2 Å². The first kappa shape index (κ1) is 20.8. The van der Waals surface area contributed by atoms with Gasteiger partial charge in [0.2, 0.25) is 11.1 Å². The van der Waals surface area contributed by atoms with Crippen LogP contribution in [-0.4, -0.2) is 43.8 Å². The Labute approximate surface area is 180 Å². The van der Waals surface area contributed by atoms with Gasteiger partial charge in [0, 0.05) is 24.3 Å². The monoisotopic (exact) mass is 428 g/mol. The fourth-order valence-electron chi connectivity index (χ4n) is 4.65. The van der Waals surface area contributed by atoms with Crippen molar-refractivity contribution in [2.75, 3.05) is 11.1 Å². The first-order valence-electron chi connectivity index (χ1n) is 10.6. The number of thioether (sulfide) groups is 1. The highest BCUT2D eigenvalue weighted by Gasteiger charge is 2.32. The number of hydrogen-bond donors (Lipinski definition) is 2. The number of rotatable bonds is 6. The molecule has 30 heavy (non-hydrogen) atoms. The van der Waals surface area contributed by atoms with Gasteiger partial charge in [-0.15, -0.1) is 5.10 Å². The molecule has 9 heteroatoms. The molecule has 2 aromatic rings. The zero-order valence-electron chi connectivity index (χ0n) is 17.2. The molecule has 2 aliphatic carbocycles. The Morgan fingerprint density at radius 3 is 2.60 bits per heavy atom. The van der Waals surface area contributed by atoms with Crippen molar-refractivity contribution >= 4 is 29.3 Å². The molecule has 3 atom stereocenters. The SMILES string of the molecule is Cn1nnnc1SCC(=O)Nc1ccc(C(=O)NC2CCC3CCCCC3C2)cc1. The van der Waals surface area contributed by atoms with Crippen LogP contribution in [0.4, 0.5) is 5.69 Å². The van der Waals surface area contributed by atoms with Crippen molar-refractivity contribution in [3.63, 3.8) is 0 Å². The van der Waals surface area contributed by atoms with E-state index in [0.29, 0.717) is 16.4 Å². The molecule has 2 aliphatic rings. The zero-order valence-corrected chi connectivity index (χ0v) is 18.0. The summed E-state index contributed by atoms with van der Waals surface area (Å²) < 4.78 is 1.52. The molecular formula is C21H28N6O2S. The lowest BCUT2D eigenvalue weighted by molar-refractivity contribution is -0.113. The van der Waals surface area contributed by atoms with Crippen molar-refractivity contribution in [3.8, 4) is 0 Å². The van der Waals surface area contributed by atoms with Crippen molar-refractivity contribution in [3.05, 3.63) is 29.8 Å². The Bertz CT molecular complexity index is 884. The second kappa shape index (κ2) is 9.59. The molecule has 1 aromatic heterocycles. The molecule has 0 radical (unpaired) electrons. The minimum atomic E-state index is -0.149. The van der Waals surface area contributed by atoms with Crippen molar-refractivity contribution in [1.82, 2.24) is 25.5 Å². The molecule has 4 rings (SSSR count). The summed E-state index contributed by atoms with van der Waals surface area (Å²) in [5, 5.41) is 17.7. The van der Waals surface area contributed by atoms with E-state index in [9.17, 15) is 9.59 Å². The summed E-state index contributed by atoms with van der Waals surface area (Å²) in [5.41, 5.74) is 1.29. The van der Waals surface area contributed by atoms with Crippen LogP contribution in [-0.2, 0) is 11.8 Å². The molecule has 2 N–H and O–H groups in total. The van der Waals surface area contributed by atoms with E-state index in [1.807, 2.05) is 0 Å². The molecule has 2 fully saturated rings. The average molecular weight is 429 g/mol. The largest absolute Gasteiger partial charge is 0.349 e. The predicted molar refractivity (Wildman–Crippen MR) is 115 cm³/mol. The lowest BCUT2D eigenvalue weighted by Crippen LogP contribution is -2.41. The van der Waals surface area contributed by atoms with Crippen LogP contribution in [0.15, 0.2) is 29.4 Å². The third kappa shape index (κ3) is 5.19. The molecule has 8 nitrogen and oxygen atoms in total. The maximum absolute atomic E-state index is 12.6. The second-order valence-corrected chi connectivity index (χ2v) is 9.23. The van der Waals surface area contributed by atoms with E-state index < -0.39 is 0 Å². The van der Waals surface area contributed by atoms with Gasteiger partial charge in [0.25, 0.3) is 5.91 Å². The quantitative estimate of drug-likeness (QED) is 0.686. The number of aromatic nitrogens is 4. The molecule has 1 aromatic carbocycles. The minimum absolute atomic E-state index is 0.0301. The normalized spacial score (nSPS) is 23.4. The van der Waals surface area contributed by atoms with Crippen molar-refractivity contribution < 1.29 is 9.59 Å². The summed E-state index contributed by atoms with van der Waals surface area (Å²) in [6.07, 6.45) is 8.83. The lowest BCUT2D eigenvalue weighted by atomic mass is 9.69. The molecule has 3 unspecified atom stereocenters. The van der Waals surface area contributed by atoms with Crippen LogP contribution in [0, 0.1) is 11.8 Å². The Hall–Kier alpha value is -2.42. The highest BCUT2D eigenvalue weighted by Crippen LogP contribution is 2.40. The van der Waals surface area contributed by atoms with Gasteiger partial charge in [0.05, 0.1) is 5.75 Å². The van der Waals surface area contributed by atoms with Crippen LogP contribution < -0.4 is 10.6 Å². The first-order chi connectivity index (χ1) is 14.6. The van der Waals surface area contributed by atoms with Gasteiger partial charge in [-0.3, -0.25) is 9.59 Å². The van der Waals surface area contributed by atoms with E-state index in [-0.39, 0.29) is 23.6 Å². The summed E-state index contributed by atoms with van der Waals surface area (Å²) in [6.45, 7) is 0. The van der Waals surface area contributed by atoms with E-state index >= 15 is 0 Å². The van der Waals surface area contributed by atoms with E-state index in [1.54, 1.807) is 31.3 Å². The van der Waals surface area contributed by atoms with E-state index in [1.165, 1.54) is 48.5 Å². The molecule has 1 heterocycles. The topological polar surface area (TPSA) is 102 Å². The Balaban J connectivity index is 1.25. The minimum Gasteiger partial charge on any atom is -0.349 e. The maximum atomic E-state index is 12.6. The third-order valence-electron chi connectivity index (χ3n) is 6.22. The number of amides is 2. The molecule has 0 saturated heterocycles. The van der Waals surface area contributed by atoms with Gasteiger partial charge < -0.3 is 10.6 Å². The number of aryl methyl sites for hydroxylation is 1. The summed E-state index contributed by atoms with van der Waals surface area (Å²) in [6, 6.07) is 7.33. The Morgan fingerprint density at radius 1 is 1.10 bits per heavy atom. The zero-order chi connectivity index (χ0) is 20.9. The number of fused-ring (bicyclic) bond motifs is 1. The van der Waals surface area contributed by atoms with Crippen LogP contribution in [0.5, 0.6) is 0 Å². The second-order valence-electron chi connectivity index (χ2n) is 8.29. The van der Waals surface area contributed by atoms with Crippen molar-refractivity contribution in [1.29, 1.82) is 0 Å². The Morgan fingerprint density at radius 2 is 1.87 bits per heavy atom. The van der Waals surface area contributed by atoms with Gasteiger partial charge in [-0.2, -0.15) is 0 Å². The van der Waals surface area contributed by atoms with Gasteiger partial charge in [-0.05, 0) is 65.8 Å². The van der Waals surface area contributed by atoms with E-state index in [0.717, 1.165) is 24.7 Å². The molecule has 0 bridgehead atoms. The van der Waals surface area contributed by atoms with Gasteiger partial charge >= 0.3 is 0 Å². The number of anilines is 1. The van der Waals surface area contributed by atoms with Crippen LogP contribution in [0.3, 0.4) is 0 Å². The smallest absolute Gasteiger partial charge is 0.251 e. The number of carbonyl (C=O) groups excluding carboxylic acids is 2. The molecule has 2 amide bonds. The highest BCUT2D eigenvalue weighted by atomic mass is 32.2. The summed E-state index contributed by atoms with van der Waals surface area (Å²) in [5.74, 6) is 1.69. The molecule has 0 aliphatic heterocycles. The van der Waals surface area contributed by atoms with Gasteiger partial charge in [-0.1, -0.05) is 37.4 Å². The van der Waals surface area contributed by atoms with Gasteiger partial charge in [0.1, 0.15) is 0 Å². The van der Waals surface area contributed by atoms with Crippen LogP contribution >= 0.6 is 11.8 Å². The number of carbonyl (C=O) groups is 2.